The van der Waals surface area contributed by atoms with Gasteiger partial charge in [-0.2, -0.15) is 0 Å². The van der Waals surface area contributed by atoms with Crippen LogP contribution < -0.4 is 10.6 Å². The van der Waals surface area contributed by atoms with E-state index >= 15 is 0 Å². The van der Waals surface area contributed by atoms with Gasteiger partial charge in [-0.3, -0.25) is 0 Å². The van der Waals surface area contributed by atoms with Crippen molar-refractivity contribution in [2.75, 3.05) is 0 Å². The van der Waals surface area contributed by atoms with E-state index in [4.69, 9.17) is 9.98 Å². The molecule has 5 nitrogen and oxygen atoms in total. The lowest BCUT2D eigenvalue weighted by atomic mass is 9.98. The van der Waals surface area contributed by atoms with Crippen molar-refractivity contribution in [1.82, 2.24) is 15.2 Å². The molecule has 2 unspecified atom stereocenters. The SMILES string of the molecule is C1=CCC(C2=N[C@H](C3=CNC(n4c5ccccc5c5cc6c(cc54)sc4ccccc46)C=C3)N=C(c3ccccc3)N2)C=C1. The standard InChI is InChI=1S/C38H29N5S/c1-3-11-24(12-4-1)36-40-37(25-13-5-2-6-14-25)42-38(41-36)26-19-20-35(39-23-26)43-31-17-9-7-15-27(31)29-21-30-28-16-8-10-18-33(28)44-34(30)22-32(29)43/h1-13,15-23,25,35,38-39H,14H2,(H,40,41,42)/t25?,35?,38-/m1/s1. The van der Waals surface area contributed by atoms with E-state index in [1.165, 1.54) is 42.0 Å². The molecule has 0 amide bonds. The van der Waals surface area contributed by atoms with Crippen LogP contribution in [0.4, 0.5) is 0 Å². The van der Waals surface area contributed by atoms with Crippen molar-refractivity contribution in [3.05, 3.63) is 145 Å². The summed E-state index contributed by atoms with van der Waals surface area (Å²) in [5.74, 6) is 2.01. The molecule has 0 saturated carbocycles. The van der Waals surface area contributed by atoms with Gasteiger partial charge in [0.15, 0.2) is 6.17 Å². The van der Waals surface area contributed by atoms with Crippen LogP contribution in [0.3, 0.4) is 0 Å². The first kappa shape index (κ1) is 25.3. The number of para-hydroxylation sites is 1. The maximum absolute atomic E-state index is 5.12. The minimum absolute atomic E-state index is 0.0397. The number of thiophene rings is 1. The molecule has 3 atom stereocenters. The third-order valence-corrected chi connectivity index (χ3v) is 9.95. The number of aliphatic imine (C=N–C) groups is 2. The van der Waals surface area contributed by atoms with Crippen LogP contribution in [0.1, 0.15) is 18.2 Å². The summed E-state index contributed by atoms with van der Waals surface area (Å²) in [7, 11) is 0. The molecule has 4 heterocycles. The maximum Gasteiger partial charge on any atom is 0.170 e. The monoisotopic (exact) mass is 587 g/mol. The molecule has 2 N–H and O–H groups in total. The van der Waals surface area contributed by atoms with Crippen molar-refractivity contribution >= 4 is 65.0 Å². The van der Waals surface area contributed by atoms with E-state index in [0.29, 0.717) is 0 Å². The van der Waals surface area contributed by atoms with E-state index in [0.717, 1.165) is 29.2 Å². The molecule has 0 radical (unpaired) electrons. The summed E-state index contributed by atoms with van der Waals surface area (Å²) in [6.07, 6.45) is 15.7. The molecule has 9 rings (SSSR count). The fourth-order valence-electron chi connectivity index (χ4n) is 6.66. The third kappa shape index (κ3) is 4.13. The van der Waals surface area contributed by atoms with Gasteiger partial charge < -0.3 is 15.2 Å². The molecular weight excluding hydrogens is 559 g/mol. The number of hydrogen-bond acceptors (Lipinski definition) is 5. The van der Waals surface area contributed by atoms with E-state index in [9.17, 15) is 0 Å². The molecule has 44 heavy (non-hydrogen) atoms. The third-order valence-electron chi connectivity index (χ3n) is 8.81. The Morgan fingerprint density at radius 2 is 1.57 bits per heavy atom. The van der Waals surface area contributed by atoms with E-state index in [2.05, 4.69) is 131 Å². The van der Waals surface area contributed by atoms with Crippen molar-refractivity contribution in [1.29, 1.82) is 0 Å². The highest BCUT2D eigenvalue weighted by Crippen LogP contribution is 2.40. The minimum Gasteiger partial charge on any atom is -0.367 e. The number of amidine groups is 2. The molecule has 0 saturated heterocycles. The van der Waals surface area contributed by atoms with Gasteiger partial charge in [-0.25, -0.2) is 9.98 Å². The second-order valence-corrected chi connectivity index (χ2v) is 12.6. The molecule has 3 aliphatic rings. The molecule has 6 aromatic rings. The molecular formula is C38H29N5S. The number of nitrogens with one attached hydrogen (secondary N) is 2. The van der Waals surface area contributed by atoms with Gasteiger partial charge in [0.25, 0.3) is 0 Å². The Bertz CT molecular complexity index is 2280. The number of nitrogens with zero attached hydrogens (tertiary/aromatic N) is 3. The van der Waals surface area contributed by atoms with E-state index < -0.39 is 0 Å². The summed E-state index contributed by atoms with van der Waals surface area (Å²) < 4.78 is 5.06. The lowest BCUT2D eigenvalue weighted by molar-refractivity contribution is 0.568. The van der Waals surface area contributed by atoms with Crippen molar-refractivity contribution < 1.29 is 0 Å². The number of allylic oxidation sites excluding steroid dienone is 3. The number of benzene rings is 4. The number of hydrogen-bond donors (Lipinski definition) is 2. The molecule has 0 bridgehead atoms. The quantitative estimate of drug-likeness (QED) is 0.217. The van der Waals surface area contributed by atoms with Gasteiger partial charge in [0, 0.05) is 54.2 Å². The Morgan fingerprint density at radius 1 is 0.727 bits per heavy atom. The van der Waals surface area contributed by atoms with Crippen LogP contribution >= 0.6 is 11.3 Å². The zero-order chi connectivity index (χ0) is 29.0. The minimum atomic E-state index is -0.332. The first-order chi connectivity index (χ1) is 21.8. The first-order valence-corrected chi connectivity index (χ1v) is 15.9. The maximum atomic E-state index is 5.12. The molecule has 2 aliphatic heterocycles. The number of dihydropyridines is 1. The second-order valence-electron chi connectivity index (χ2n) is 11.5. The molecule has 0 fully saturated rings. The Morgan fingerprint density at radius 3 is 2.41 bits per heavy atom. The average Bonchev–Trinajstić information content (AvgIpc) is 3.62. The lowest BCUT2D eigenvalue weighted by Crippen LogP contribution is -2.41. The summed E-state index contributed by atoms with van der Waals surface area (Å²) >= 11 is 1.86. The van der Waals surface area contributed by atoms with Gasteiger partial charge in [-0.05, 0) is 36.8 Å². The topological polar surface area (TPSA) is 53.7 Å². The van der Waals surface area contributed by atoms with Crippen LogP contribution in [-0.4, -0.2) is 22.4 Å². The average molecular weight is 588 g/mol. The number of fused-ring (bicyclic) bond motifs is 6. The molecule has 2 aromatic heterocycles. The summed E-state index contributed by atoms with van der Waals surface area (Å²) in [4.78, 5) is 10.2. The van der Waals surface area contributed by atoms with Crippen molar-refractivity contribution in [3.63, 3.8) is 0 Å². The molecule has 1 aliphatic carbocycles. The Hall–Kier alpha value is -5.20. The van der Waals surface area contributed by atoms with Gasteiger partial charge >= 0.3 is 0 Å². The molecule has 0 spiro atoms. The summed E-state index contributed by atoms with van der Waals surface area (Å²) in [6, 6.07) is 32.5. The van der Waals surface area contributed by atoms with Crippen molar-refractivity contribution in [2.24, 2.45) is 15.9 Å². The molecule has 4 aromatic carbocycles. The van der Waals surface area contributed by atoms with Gasteiger partial charge in [0.1, 0.15) is 17.8 Å². The van der Waals surface area contributed by atoms with E-state index in [1.807, 2.05) is 29.5 Å². The smallest absolute Gasteiger partial charge is 0.170 e. The summed E-state index contributed by atoms with van der Waals surface area (Å²) in [5, 5.41) is 12.5. The fraction of sp³-hybridized carbons (Fsp3) is 0.105. The lowest BCUT2D eigenvalue weighted by Gasteiger charge is -2.28. The predicted molar refractivity (Wildman–Crippen MR) is 185 cm³/mol. The van der Waals surface area contributed by atoms with Crippen LogP contribution in [0.5, 0.6) is 0 Å². The number of rotatable bonds is 4. The van der Waals surface area contributed by atoms with Gasteiger partial charge in [0.2, 0.25) is 0 Å². The zero-order valence-corrected chi connectivity index (χ0v) is 24.7. The number of aromatic nitrogens is 1. The fourth-order valence-corrected chi connectivity index (χ4v) is 7.78. The highest BCUT2D eigenvalue weighted by Gasteiger charge is 2.26. The van der Waals surface area contributed by atoms with Gasteiger partial charge in [-0.1, -0.05) is 97.1 Å². The summed E-state index contributed by atoms with van der Waals surface area (Å²) in [5.41, 5.74) is 4.54. The Labute approximate surface area is 258 Å². The largest absolute Gasteiger partial charge is 0.367 e. The van der Waals surface area contributed by atoms with Crippen LogP contribution in [0.15, 0.2) is 149 Å². The van der Waals surface area contributed by atoms with Crippen LogP contribution in [-0.2, 0) is 0 Å². The highest BCUT2D eigenvalue weighted by atomic mass is 32.1. The predicted octanol–water partition coefficient (Wildman–Crippen LogP) is 8.61. The first-order valence-electron chi connectivity index (χ1n) is 15.1. The van der Waals surface area contributed by atoms with E-state index in [1.54, 1.807) is 0 Å². The van der Waals surface area contributed by atoms with Gasteiger partial charge in [-0.15, -0.1) is 11.3 Å². The molecule has 6 heteroatoms. The summed E-state index contributed by atoms with van der Waals surface area (Å²) in [6.45, 7) is 0. The van der Waals surface area contributed by atoms with Gasteiger partial charge in [0.05, 0.1) is 11.0 Å². The molecule has 212 valence electrons. The van der Waals surface area contributed by atoms with Crippen molar-refractivity contribution in [3.8, 4) is 0 Å². The van der Waals surface area contributed by atoms with Crippen LogP contribution in [0.2, 0.25) is 0 Å². The Kier molecular flexibility index (Phi) is 5.87. The van der Waals surface area contributed by atoms with E-state index in [-0.39, 0.29) is 18.2 Å². The normalized spacial score (nSPS) is 21.4. The Balaban J connectivity index is 1.11. The van der Waals surface area contributed by atoms with Crippen molar-refractivity contribution in [2.45, 2.75) is 18.8 Å². The highest BCUT2D eigenvalue weighted by molar-refractivity contribution is 7.25. The van der Waals surface area contributed by atoms with Crippen LogP contribution in [0.25, 0.3) is 42.0 Å². The zero-order valence-electron chi connectivity index (χ0n) is 23.9. The second kappa shape index (κ2) is 10.2. The van der Waals surface area contributed by atoms with Crippen LogP contribution in [0, 0.1) is 5.92 Å².